The molecule has 5 nitrogen and oxygen atoms in total. The third-order valence-electron chi connectivity index (χ3n) is 3.59. The summed E-state index contributed by atoms with van der Waals surface area (Å²) >= 11 is 0. The van der Waals surface area contributed by atoms with Crippen molar-refractivity contribution in [1.82, 2.24) is 19.6 Å². The Morgan fingerprint density at radius 1 is 1.30 bits per heavy atom. The Labute approximate surface area is 128 Å². The van der Waals surface area contributed by atoms with Crippen LogP contribution in [0.4, 0.5) is 13.2 Å². The molecule has 0 unspecified atom stereocenters. The van der Waals surface area contributed by atoms with E-state index in [0.29, 0.717) is 16.9 Å². The molecule has 120 valence electrons. The van der Waals surface area contributed by atoms with Crippen LogP contribution in [0.3, 0.4) is 0 Å². The van der Waals surface area contributed by atoms with Crippen molar-refractivity contribution in [3.8, 4) is 11.1 Å². The van der Waals surface area contributed by atoms with Crippen molar-refractivity contribution >= 4 is 5.65 Å². The molecule has 23 heavy (non-hydrogen) atoms. The molecule has 3 heterocycles. The molecule has 0 amide bonds. The van der Waals surface area contributed by atoms with Crippen molar-refractivity contribution in [2.45, 2.75) is 26.4 Å². The first kappa shape index (κ1) is 15.3. The fourth-order valence-corrected chi connectivity index (χ4v) is 2.59. The number of alkyl halides is 3. The number of aromatic amines is 1. The third-order valence-corrected chi connectivity index (χ3v) is 3.59. The van der Waals surface area contributed by atoms with E-state index in [1.807, 2.05) is 0 Å². The van der Waals surface area contributed by atoms with Gasteiger partial charge in [0.1, 0.15) is 0 Å². The highest BCUT2D eigenvalue weighted by Gasteiger charge is 2.31. The number of fused-ring (bicyclic) bond motifs is 1. The summed E-state index contributed by atoms with van der Waals surface area (Å²) in [6.45, 7) is 3.15. The van der Waals surface area contributed by atoms with Gasteiger partial charge in [0.15, 0.2) is 5.65 Å². The molecule has 0 aliphatic heterocycles. The minimum atomic E-state index is -4.46. The van der Waals surface area contributed by atoms with E-state index in [2.05, 4.69) is 15.1 Å². The van der Waals surface area contributed by atoms with Gasteiger partial charge in [-0.3, -0.25) is 14.9 Å². The van der Waals surface area contributed by atoms with Crippen molar-refractivity contribution in [2.24, 2.45) is 0 Å². The van der Waals surface area contributed by atoms with Crippen molar-refractivity contribution in [1.29, 1.82) is 0 Å². The average Bonchev–Trinajstić information content (AvgIpc) is 2.80. The molecule has 3 rings (SSSR count). The standard InChI is InChI=1S/C15H13F3N4O/c1-8-11(6-15(16,17)18)14(23)22-13(20-8)12(9(2)21-22)10-4-3-5-19-7-10/h3-5,7,21H,6H2,1-2H3. The summed E-state index contributed by atoms with van der Waals surface area (Å²) < 4.78 is 39.0. The van der Waals surface area contributed by atoms with Crippen LogP contribution in [-0.4, -0.2) is 25.8 Å². The maximum Gasteiger partial charge on any atom is 0.393 e. The molecule has 0 saturated heterocycles. The first-order valence-electron chi connectivity index (χ1n) is 6.86. The van der Waals surface area contributed by atoms with Crippen molar-refractivity contribution in [3.63, 3.8) is 0 Å². The summed E-state index contributed by atoms with van der Waals surface area (Å²) in [5.74, 6) is 0. The molecule has 3 aromatic rings. The zero-order valence-corrected chi connectivity index (χ0v) is 12.4. The maximum atomic E-state index is 12.7. The lowest BCUT2D eigenvalue weighted by atomic mass is 10.1. The molecule has 0 aliphatic carbocycles. The third kappa shape index (κ3) is 2.71. The van der Waals surface area contributed by atoms with Crippen molar-refractivity contribution < 1.29 is 13.2 Å². The average molecular weight is 322 g/mol. The number of hydrogen-bond acceptors (Lipinski definition) is 3. The van der Waals surface area contributed by atoms with E-state index in [-0.39, 0.29) is 11.3 Å². The van der Waals surface area contributed by atoms with E-state index in [0.717, 1.165) is 10.1 Å². The molecule has 8 heteroatoms. The van der Waals surface area contributed by atoms with Crippen LogP contribution in [0, 0.1) is 13.8 Å². The summed E-state index contributed by atoms with van der Waals surface area (Å²) in [4.78, 5) is 20.6. The van der Waals surface area contributed by atoms with E-state index < -0.39 is 18.2 Å². The highest BCUT2D eigenvalue weighted by molar-refractivity contribution is 5.79. The topological polar surface area (TPSA) is 63.1 Å². The van der Waals surface area contributed by atoms with Crippen LogP contribution in [0.25, 0.3) is 16.8 Å². The molecular formula is C15H13F3N4O. The van der Waals surface area contributed by atoms with Gasteiger partial charge in [-0.2, -0.15) is 13.2 Å². The lowest BCUT2D eigenvalue weighted by Crippen LogP contribution is -2.26. The van der Waals surface area contributed by atoms with Gasteiger partial charge in [-0.1, -0.05) is 6.07 Å². The molecule has 0 fully saturated rings. The summed E-state index contributed by atoms with van der Waals surface area (Å²) in [5, 5.41) is 2.79. The highest BCUT2D eigenvalue weighted by atomic mass is 19.4. The van der Waals surface area contributed by atoms with Crippen LogP contribution >= 0.6 is 0 Å². The Balaban J connectivity index is 2.29. The number of nitrogens with zero attached hydrogens (tertiary/aromatic N) is 3. The molecule has 0 aliphatic rings. The number of nitrogens with one attached hydrogen (secondary N) is 1. The Hall–Kier alpha value is -2.64. The first-order valence-corrected chi connectivity index (χ1v) is 6.86. The second-order valence-electron chi connectivity index (χ2n) is 5.29. The van der Waals surface area contributed by atoms with E-state index >= 15 is 0 Å². The molecule has 1 N–H and O–H groups in total. The largest absolute Gasteiger partial charge is 0.393 e. The van der Waals surface area contributed by atoms with Gasteiger partial charge in [0.2, 0.25) is 0 Å². The van der Waals surface area contributed by atoms with Crippen molar-refractivity contribution in [2.75, 3.05) is 0 Å². The summed E-state index contributed by atoms with van der Waals surface area (Å²) in [6, 6.07) is 3.54. The Bertz CT molecular complexity index is 926. The smallest absolute Gasteiger partial charge is 0.293 e. The number of pyridine rings is 1. The number of aromatic nitrogens is 4. The van der Waals surface area contributed by atoms with Crippen LogP contribution in [0.2, 0.25) is 0 Å². The predicted molar refractivity (Wildman–Crippen MR) is 78.3 cm³/mol. The SMILES string of the molecule is Cc1nc2c(-c3cccnc3)c(C)[nH]n2c(=O)c1CC(F)(F)F. The van der Waals surface area contributed by atoms with Gasteiger partial charge in [-0.05, 0) is 19.9 Å². The molecule has 0 saturated carbocycles. The number of hydrogen-bond donors (Lipinski definition) is 1. The highest BCUT2D eigenvalue weighted by Crippen LogP contribution is 2.27. The Kier molecular flexibility index (Phi) is 3.46. The molecule has 0 aromatic carbocycles. The van der Waals surface area contributed by atoms with Crippen LogP contribution in [0.1, 0.15) is 17.0 Å². The second-order valence-corrected chi connectivity index (χ2v) is 5.29. The summed E-state index contributed by atoms with van der Waals surface area (Å²) in [5.41, 5.74) is 1.30. The fourth-order valence-electron chi connectivity index (χ4n) is 2.59. The predicted octanol–water partition coefficient (Wildman–Crippen LogP) is 2.81. The number of rotatable bonds is 2. The number of aryl methyl sites for hydroxylation is 2. The van der Waals surface area contributed by atoms with Gasteiger partial charge in [0.05, 0.1) is 6.42 Å². The van der Waals surface area contributed by atoms with Crippen LogP contribution in [0.5, 0.6) is 0 Å². The fraction of sp³-hybridized carbons (Fsp3) is 0.267. The van der Waals surface area contributed by atoms with Crippen LogP contribution in [0.15, 0.2) is 29.3 Å². The number of H-pyrrole nitrogens is 1. The zero-order chi connectivity index (χ0) is 16.8. The maximum absolute atomic E-state index is 12.7. The van der Waals surface area contributed by atoms with Gasteiger partial charge >= 0.3 is 6.18 Å². The Morgan fingerprint density at radius 3 is 2.65 bits per heavy atom. The van der Waals surface area contributed by atoms with Gasteiger partial charge in [-0.15, -0.1) is 0 Å². The summed E-state index contributed by atoms with van der Waals surface area (Å²) in [7, 11) is 0. The zero-order valence-electron chi connectivity index (χ0n) is 12.4. The summed E-state index contributed by atoms with van der Waals surface area (Å²) in [6.07, 6.45) is -2.54. The van der Waals surface area contributed by atoms with Gasteiger partial charge in [0.25, 0.3) is 5.56 Å². The molecule has 0 bridgehead atoms. The molecule has 0 spiro atoms. The van der Waals surface area contributed by atoms with Gasteiger partial charge in [0, 0.05) is 40.5 Å². The van der Waals surface area contributed by atoms with E-state index in [4.69, 9.17) is 0 Å². The lowest BCUT2D eigenvalue weighted by molar-refractivity contribution is -0.127. The first-order chi connectivity index (χ1) is 10.8. The molecule has 0 radical (unpaired) electrons. The second kappa shape index (κ2) is 5.22. The molecule has 0 atom stereocenters. The molecular weight excluding hydrogens is 309 g/mol. The molecule has 3 aromatic heterocycles. The minimum Gasteiger partial charge on any atom is -0.293 e. The van der Waals surface area contributed by atoms with Gasteiger partial charge in [-0.25, -0.2) is 9.50 Å². The van der Waals surface area contributed by atoms with Gasteiger partial charge < -0.3 is 0 Å². The lowest BCUT2D eigenvalue weighted by Gasteiger charge is -2.08. The van der Waals surface area contributed by atoms with Crippen LogP contribution in [-0.2, 0) is 6.42 Å². The van der Waals surface area contributed by atoms with E-state index in [1.54, 1.807) is 31.5 Å². The Morgan fingerprint density at radius 2 is 2.04 bits per heavy atom. The van der Waals surface area contributed by atoms with Crippen molar-refractivity contribution in [3.05, 3.63) is 51.8 Å². The number of halogens is 3. The van der Waals surface area contributed by atoms with E-state index in [1.165, 1.54) is 6.92 Å². The van der Waals surface area contributed by atoms with Crippen LogP contribution < -0.4 is 5.56 Å². The quantitative estimate of drug-likeness (QED) is 0.789. The normalized spacial score (nSPS) is 12.0. The minimum absolute atomic E-state index is 0.0801. The van der Waals surface area contributed by atoms with E-state index in [9.17, 15) is 18.0 Å². The monoisotopic (exact) mass is 322 g/mol.